The van der Waals surface area contributed by atoms with Gasteiger partial charge in [-0.2, -0.15) is 0 Å². The smallest absolute Gasteiger partial charge is 0.335 e. The number of aromatic carboxylic acids is 1. The van der Waals surface area contributed by atoms with Gasteiger partial charge in [0.15, 0.2) is 0 Å². The molecule has 5 heteroatoms. The van der Waals surface area contributed by atoms with E-state index >= 15 is 0 Å². The molecule has 0 saturated carbocycles. The summed E-state index contributed by atoms with van der Waals surface area (Å²) >= 11 is 1.34. The fraction of sp³-hybridized carbons (Fsp3) is 0.385. The fourth-order valence-corrected chi connectivity index (χ4v) is 2.11. The first kappa shape index (κ1) is 14.6. The lowest BCUT2D eigenvalue weighted by Crippen LogP contribution is -2.25. The maximum absolute atomic E-state index is 11.5. The summed E-state index contributed by atoms with van der Waals surface area (Å²) in [5.74, 6) is -0.661. The fourth-order valence-electron chi connectivity index (χ4n) is 1.32. The number of amides is 1. The molecule has 0 unspecified atom stereocenters. The molecule has 0 spiro atoms. The van der Waals surface area contributed by atoms with Crippen LogP contribution in [0.1, 0.15) is 30.1 Å². The summed E-state index contributed by atoms with van der Waals surface area (Å²) in [6, 6.07) is 6.59. The topological polar surface area (TPSA) is 66.4 Å². The second kappa shape index (κ2) is 7.76. The summed E-state index contributed by atoms with van der Waals surface area (Å²) in [5.41, 5.74) is 0.242. The first-order valence-corrected chi connectivity index (χ1v) is 6.85. The van der Waals surface area contributed by atoms with E-state index in [1.54, 1.807) is 18.2 Å². The SMILES string of the molecule is CCCCNC(=O)CSc1cccc(C(=O)O)c1. The van der Waals surface area contributed by atoms with Crippen LogP contribution in [0.15, 0.2) is 29.2 Å². The van der Waals surface area contributed by atoms with Crippen LogP contribution in [0.3, 0.4) is 0 Å². The predicted octanol–water partition coefficient (Wildman–Crippen LogP) is 2.39. The lowest BCUT2D eigenvalue weighted by Gasteiger charge is -2.04. The first-order valence-electron chi connectivity index (χ1n) is 5.86. The molecule has 0 radical (unpaired) electrons. The summed E-state index contributed by atoms with van der Waals surface area (Å²) in [5, 5.41) is 11.7. The number of carbonyl (C=O) groups is 2. The van der Waals surface area contributed by atoms with Crippen LogP contribution in [0.4, 0.5) is 0 Å². The Morgan fingerprint density at radius 3 is 2.83 bits per heavy atom. The first-order chi connectivity index (χ1) is 8.63. The van der Waals surface area contributed by atoms with E-state index in [1.807, 2.05) is 0 Å². The number of carboxylic acids is 1. The van der Waals surface area contributed by atoms with Gasteiger partial charge in [0.05, 0.1) is 11.3 Å². The van der Waals surface area contributed by atoms with Crippen molar-refractivity contribution in [1.29, 1.82) is 0 Å². The van der Waals surface area contributed by atoms with Crippen LogP contribution >= 0.6 is 11.8 Å². The van der Waals surface area contributed by atoms with Gasteiger partial charge < -0.3 is 10.4 Å². The molecule has 4 nitrogen and oxygen atoms in total. The van der Waals surface area contributed by atoms with Crippen molar-refractivity contribution in [2.75, 3.05) is 12.3 Å². The molecule has 1 rings (SSSR count). The Bertz CT molecular complexity index is 420. The maximum atomic E-state index is 11.5. The number of hydrogen-bond acceptors (Lipinski definition) is 3. The molecule has 1 aromatic rings. The zero-order valence-electron chi connectivity index (χ0n) is 10.3. The summed E-state index contributed by atoms with van der Waals surface area (Å²) in [7, 11) is 0. The van der Waals surface area contributed by atoms with Crippen LogP contribution in [0.25, 0.3) is 0 Å². The molecule has 98 valence electrons. The number of benzene rings is 1. The van der Waals surface area contributed by atoms with Gasteiger partial charge in [-0.15, -0.1) is 11.8 Å². The highest BCUT2D eigenvalue weighted by molar-refractivity contribution is 8.00. The van der Waals surface area contributed by atoms with Crippen molar-refractivity contribution in [3.05, 3.63) is 29.8 Å². The third kappa shape index (κ3) is 5.23. The Kier molecular flexibility index (Phi) is 6.28. The summed E-state index contributed by atoms with van der Waals surface area (Å²) < 4.78 is 0. The molecule has 1 amide bonds. The van der Waals surface area contributed by atoms with Crippen molar-refractivity contribution < 1.29 is 14.7 Å². The minimum atomic E-state index is -0.954. The van der Waals surface area contributed by atoms with Gasteiger partial charge in [0, 0.05) is 11.4 Å². The van der Waals surface area contributed by atoms with E-state index in [4.69, 9.17) is 5.11 Å². The van der Waals surface area contributed by atoms with Crippen LogP contribution < -0.4 is 5.32 Å². The van der Waals surface area contributed by atoms with Crippen LogP contribution in [-0.2, 0) is 4.79 Å². The molecule has 0 atom stereocenters. The van der Waals surface area contributed by atoms with E-state index in [9.17, 15) is 9.59 Å². The summed E-state index contributed by atoms with van der Waals surface area (Å²) in [6.45, 7) is 2.77. The Morgan fingerprint density at radius 2 is 2.17 bits per heavy atom. The lowest BCUT2D eigenvalue weighted by atomic mass is 10.2. The van der Waals surface area contributed by atoms with Gasteiger partial charge in [0.25, 0.3) is 0 Å². The zero-order valence-corrected chi connectivity index (χ0v) is 11.1. The van der Waals surface area contributed by atoms with E-state index < -0.39 is 5.97 Å². The van der Waals surface area contributed by atoms with Gasteiger partial charge in [-0.3, -0.25) is 4.79 Å². The quantitative estimate of drug-likeness (QED) is 0.588. The molecular weight excluding hydrogens is 250 g/mol. The average molecular weight is 267 g/mol. The van der Waals surface area contributed by atoms with E-state index in [2.05, 4.69) is 12.2 Å². The van der Waals surface area contributed by atoms with Crippen LogP contribution in [-0.4, -0.2) is 29.3 Å². The number of thioether (sulfide) groups is 1. The van der Waals surface area contributed by atoms with E-state index in [1.165, 1.54) is 17.8 Å². The molecule has 0 aromatic heterocycles. The minimum absolute atomic E-state index is 0.0193. The zero-order chi connectivity index (χ0) is 13.4. The number of carbonyl (C=O) groups excluding carboxylic acids is 1. The molecule has 0 heterocycles. The van der Waals surface area contributed by atoms with E-state index in [0.29, 0.717) is 12.3 Å². The van der Waals surface area contributed by atoms with Crippen molar-refractivity contribution in [3.63, 3.8) is 0 Å². The van der Waals surface area contributed by atoms with E-state index in [0.717, 1.165) is 17.7 Å². The largest absolute Gasteiger partial charge is 0.478 e. The van der Waals surface area contributed by atoms with Crippen molar-refractivity contribution in [2.24, 2.45) is 0 Å². The van der Waals surface area contributed by atoms with Gasteiger partial charge in [-0.1, -0.05) is 19.4 Å². The molecule has 18 heavy (non-hydrogen) atoms. The lowest BCUT2D eigenvalue weighted by molar-refractivity contribution is -0.118. The van der Waals surface area contributed by atoms with Crippen LogP contribution in [0, 0.1) is 0 Å². The van der Waals surface area contributed by atoms with Gasteiger partial charge >= 0.3 is 5.97 Å². The number of unbranched alkanes of at least 4 members (excludes halogenated alkanes) is 1. The standard InChI is InChI=1S/C13H17NO3S/c1-2-3-7-14-12(15)9-18-11-6-4-5-10(8-11)13(16)17/h4-6,8H,2-3,7,9H2,1H3,(H,14,15)(H,16,17). The number of rotatable bonds is 7. The molecule has 2 N–H and O–H groups in total. The number of carboxylic acid groups (broad SMARTS) is 1. The van der Waals surface area contributed by atoms with Gasteiger partial charge in [-0.25, -0.2) is 4.79 Å². The van der Waals surface area contributed by atoms with Gasteiger partial charge in [0.1, 0.15) is 0 Å². The minimum Gasteiger partial charge on any atom is -0.478 e. The molecule has 0 aliphatic rings. The molecule has 1 aromatic carbocycles. The Balaban J connectivity index is 2.41. The molecule has 0 fully saturated rings. The molecule has 0 bridgehead atoms. The Hall–Kier alpha value is -1.49. The molecule has 0 aliphatic carbocycles. The van der Waals surface area contributed by atoms with Crippen molar-refractivity contribution in [1.82, 2.24) is 5.32 Å². The second-order valence-corrected chi connectivity index (χ2v) is 4.87. The normalized spacial score (nSPS) is 10.1. The van der Waals surface area contributed by atoms with E-state index in [-0.39, 0.29) is 11.5 Å². The Labute approximate surface area is 111 Å². The maximum Gasteiger partial charge on any atom is 0.335 e. The van der Waals surface area contributed by atoms with Crippen molar-refractivity contribution in [3.8, 4) is 0 Å². The van der Waals surface area contributed by atoms with Gasteiger partial charge in [0.2, 0.25) is 5.91 Å². The molecular formula is C13H17NO3S. The second-order valence-electron chi connectivity index (χ2n) is 3.83. The monoisotopic (exact) mass is 267 g/mol. The molecule has 0 saturated heterocycles. The van der Waals surface area contributed by atoms with Crippen LogP contribution in [0.2, 0.25) is 0 Å². The van der Waals surface area contributed by atoms with Crippen LogP contribution in [0.5, 0.6) is 0 Å². The predicted molar refractivity (Wildman–Crippen MR) is 72.0 cm³/mol. The van der Waals surface area contributed by atoms with Crippen molar-refractivity contribution in [2.45, 2.75) is 24.7 Å². The third-order valence-corrected chi connectivity index (χ3v) is 3.30. The third-order valence-electron chi connectivity index (χ3n) is 2.30. The van der Waals surface area contributed by atoms with Gasteiger partial charge in [-0.05, 0) is 24.6 Å². The summed E-state index contributed by atoms with van der Waals surface area (Å²) in [4.78, 5) is 23.0. The van der Waals surface area contributed by atoms with Crippen molar-refractivity contribution >= 4 is 23.6 Å². The Morgan fingerprint density at radius 1 is 1.39 bits per heavy atom. The number of nitrogens with one attached hydrogen (secondary N) is 1. The number of hydrogen-bond donors (Lipinski definition) is 2. The summed E-state index contributed by atoms with van der Waals surface area (Å²) in [6.07, 6.45) is 2.03. The highest BCUT2D eigenvalue weighted by atomic mass is 32.2. The average Bonchev–Trinajstić information content (AvgIpc) is 2.37. The highest BCUT2D eigenvalue weighted by Gasteiger charge is 2.05. The highest BCUT2D eigenvalue weighted by Crippen LogP contribution is 2.18. The molecule has 0 aliphatic heterocycles.